The van der Waals surface area contributed by atoms with Crippen LogP contribution in [0.25, 0.3) is 22.3 Å². The molecule has 7 nitrogen and oxygen atoms in total. The number of anilines is 1. The monoisotopic (exact) mass is 528 g/mol. The normalized spacial score (nSPS) is 18.0. The van der Waals surface area contributed by atoms with Crippen LogP contribution < -0.4 is 10.6 Å². The van der Waals surface area contributed by atoms with Crippen molar-refractivity contribution in [1.82, 2.24) is 25.2 Å². The van der Waals surface area contributed by atoms with Crippen LogP contribution in [0, 0.1) is 0 Å². The van der Waals surface area contributed by atoms with Crippen LogP contribution in [0.2, 0.25) is 0 Å². The van der Waals surface area contributed by atoms with Gasteiger partial charge in [0.15, 0.2) is 5.82 Å². The fraction of sp³-hybridized carbons (Fsp3) is 0.333. The number of benzene rings is 2. The summed E-state index contributed by atoms with van der Waals surface area (Å²) in [5.41, 5.74) is 2.94. The van der Waals surface area contributed by atoms with Crippen molar-refractivity contribution >= 4 is 22.6 Å². The average molecular weight is 529 g/mol. The quantitative estimate of drug-likeness (QED) is 0.316. The molecule has 2 aromatic carbocycles. The minimum atomic E-state index is -2.67. The first kappa shape index (κ1) is 25.3. The van der Waals surface area contributed by atoms with Gasteiger partial charge in [-0.25, -0.2) is 23.7 Å². The van der Waals surface area contributed by atoms with E-state index in [4.69, 9.17) is 0 Å². The molecule has 1 aliphatic carbocycles. The summed E-state index contributed by atoms with van der Waals surface area (Å²) in [5, 5.41) is 7.20. The molecule has 1 amide bonds. The minimum Gasteiger partial charge on any atom is -0.367 e. The van der Waals surface area contributed by atoms with E-state index in [-0.39, 0.29) is 44.4 Å². The summed E-state index contributed by atoms with van der Waals surface area (Å²) >= 11 is 0. The van der Waals surface area contributed by atoms with Gasteiger partial charge in [-0.05, 0) is 37.1 Å². The van der Waals surface area contributed by atoms with E-state index in [0.29, 0.717) is 17.4 Å². The topological polar surface area (TPSA) is 83.0 Å². The number of pyridine rings is 1. The molecule has 1 saturated carbocycles. The molecular formula is C30H30F2N6O. The second-order valence-electron chi connectivity index (χ2n) is 10.3. The molecule has 9 heteroatoms. The first-order valence-corrected chi connectivity index (χ1v) is 13.4. The van der Waals surface area contributed by atoms with Crippen molar-refractivity contribution < 1.29 is 13.6 Å². The number of carbonyl (C=O) groups excluding carboxylic acids is 1. The Balaban J connectivity index is 1.22. The largest absolute Gasteiger partial charge is 0.367 e. The molecule has 2 N–H and O–H groups in total. The van der Waals surface area contributed by atoms with E-state index < -0.39 is 5.92 Å². The predicted molar refractivity (Wildman–Crippen MR) is 147 cm³/mol. The van der Waals surface area contributed by atoms with E-state index in [2.05, 4.69) is 25.6 Å². The molecule has 200 valence electrons. The Bertz CT molecular complexity index is 1450. The van der Waals surface area contributed by atoms with Gasteiger partial charge in [-0.1, -0.05) is 36.4 Å². The van der Waals surface area contributed by atoms with Crippen LogP contribution >= 0.6 is 0 Å². The Labute approximate surface area is 225 Å². The fourth-order valence-electron chi connectivity index (χ4n) is 5.02. The lowest BCUT2D eigenvalue weighted by Crippen LogP contribution is -2.45. The molecule has 1 aliphatic heterocycles. The van der Waals surface area contributed by atoms with Crippen LogP contribution in [-0.2, 0) is 0 Å². The molecule has 0 spiro atoms. The molecule has 3 heterocycles. The van der Waals surface area contributed by atoms with Gasteiger partial charge < -0.3 is 10.6 Å². The molecule has 2 fully saturated rings. The van der Waals surface area contributed by atoms with E-state index in [1.807, 2.05) is 59.5 Å². The lowest BCUT2D eigenvalue weighted by atomic mass is 10.0. The average Bonchev–Trinajstić information content (AvgIpc) is 3.78. The lowest BCUT2D eigenvalue weighted by molar-refractivity contribution is -0.0632. The first-order valence-electron chi connectivity index (χ1n) is 13.4. The Morgan fingerprint density at radius 2 is 1.72 bits per heavy atom. The van der Waals surface area contributed by atoms with Gasteiger partial charge in [-0.3, -0.25) is 9.69 Å². The number of hydrogen-bond acceptors (Lipinski definition) is 6. The summed E-state index contributed by atoms with van der Waals surface area (Å²) in [7, 11) is 0. The number of hydrogen-bond donors (Lipinski definition) is 2. The van der Waals surface area contributed by atoms with E-state index in [0.717, 1.165) is 40.7 Å². The Morgan fingerprint density at radius 3 is 2.44 bits per heavy atom. The standard InChI is InChI=1S/C30H30F2N6O/c31-30(32)13-15-38(16-14-30)26(21-17-33-28(34-18-21)20-5-2-1-3-6-20)19-35-29(39)24-7-4-8-25-23(24)11-12-27(37-25)36-22-9-10-22/h1-8,11-12,17-18,22,26H,9-10,13-16,19H2,(H,35,39)(H,36,37). The second kappa shape index (κ2) is 10.6. The molecule has 6 rings (SSSR count). The highest BCUT2D eigenvalue weighted by molar-refractivity contribution is 6.06. The summed E-state index contributed by atoms with van der Waals surface area (Å²) in [6, 6.07) is 19.1. The number of carbonyl (C=O) groups is 1. The molecule has 2 aliphatic rings. The molecule has 0 radical (unpaired) electrons. The summed E-state index contributed by atoms with van der Waals surface area (Å²) in [6.45, 7) is 0.690. The van der Waals surface area contributed by atoms with Crippen LogP contribution in [0.5, 0.6) is 0 Å². The molecule has 2 aromatic heterocycles. The molecule has 1 saturated heterocycles. The fourth-order valence-corrected chi connectivity index (χ4v) is 5.02. The molecule has 1 atom stereocenters. The highest BCUT2D eigenvalue weighted by Gasteiger charge is 2.37. The lowest BCUT2D eigenvalue weighted by Gasteiger charge is -2.37. The first-order chi connectivity index (χ1) is 18.9. The van der Waals surface area contributed by atoms with Crippen molar-refractivity contribution in [3.8, 4) is 11.4 Å². The van der Waals surface area contributed by atoms with Crippen molar-refractivity contribution in [2.45, 2.75) is 43.7 Å². The number of nitrogens with zero attached hydrogens (tertiary/aromatic N) is 4. The van der Waals surface area contributed by atoms with Crippen LogP contribution in [0.15, 0.2) is 73.1 Å². The van der Waals surface area contributed by atoms with Gasteiger partial charge in [0, 0.05) is 73.0 Å². The third-order valence-electron chi connectivity index (χ3n) is 7.42. The number of likely N-dealkylation sites (tertiary alicyclic amines) is 1. The number of amides is 1. The second-order valence-corrected chi connectivity index (χ2v) is 10.3. The van der Waals surface area contributed by atoms with Crippen LogP contribution in [0.3, 0.4) is 0 Å². The van der Waals surface area contributed by atoms with E-state index >= 15 is 0 Å². The Kier molecular flexibility index (Phi) is 6.91. The number of aromatic nitrogens is 3. The van der Waals surface area contributed by atoms with Gasteiger partial charge in [0.2, 0.25) is 0 Å². The third kappa shape index (κ3) is 5.88. The van der Waals surface area contributed by atoms with Crippen molar-refractivity contribution in [1.29, 1.82) is 0 Å². The number of piperidine rings is 1. The maximum atomic E-state index is 13.9. The number of alkyl halides is 2. The van der Waals surface area contributed by atoms with E-state index in [9.17, 15) is 13.6 Å². The number of nitrogens with one attached hydrogen (secondary N) is 2. The highest BCUT2D eigenvalue weighted by Crippen LogP contribution is 2.32. The van der Waals surface area contributed by atoms with Gasteiger partial charge in [0.05, 0.1) is 11.6 Å². The number of fused-ring (bicyclic) bond motifs is 1. The number of rotatable bonds is 8. The van der Waals surface area contributed by atoms with Crippen molar-refractivity contribution in [2.24, 2.45) is 0 Å². The number of halogens is 2. The summed E-state index contributed by atoms with van der Waals surface area (Å²) in [5.74, 6) is -1.50. The smallest absolute Gasteiger partial charge is 0.252 e. The SMILES string of the molecule is O=C(NCC(c1cnc(-c2ccccc2)nc1)N1CCC(F)(F)CC1)c1cccc2nc(NC3CC3)ccc12. The Hall–Kier alpha value is -3.98. The van der Waals surface area contributed by atoms with Gasteiger partial charge in [-0.15, -0.1) is 0 Å². The zero-order valence-corrected chi connectivity index (χ0v) is 21.5. The van der Waals surface area contributed by atoms with Crippen LogP contribution in [0.1, 0.15) is 47.6 Å². The minimum absolute atomic E-state index is 0.216. The summed E-state index contributed by atoms with van der Waals surface area (Å²) < 4.78 is 27.9. The van der Waals surface area contributed by atoms with Crippen LogP contribution in [-0.4, -0.2) is 57.4 Å². The molecule has 1 unspecified atom stereocenters. The third-order valence-corrected chi connectivity index (χ3v) is 7.42. The van der Waals surface area contributed by atoms with Crippen molar-refractivity contribution in [3.63, 3.8) is 0 Å². The van der Waals surface area contributed by atoms with Gasteiger partial charge in [0.1, 0.15) is 5.82 Å². The van der Waals surface area contributed by atoms with E-state index in [1.165, 1.54) is 0 Å². The highest BCUT2D eigenvalue weighted by atomic mass is 19.3. The van der Waals surface area contributed by atoms with Gasteiger partial charge in [0.25, 0.3) is 11.8 Å². The Morgan fingerprint density at radius 1 is 0.974 bits per heavy atom. The molecule has 4 aromatic rings. The maximum Gasteiger partial charge on any atom is 0.252 e. The van der Waals surface area contributed by atoms with Gasteiger partial charge in [-0.2, -0.15) is 0 Å². The molecule has 0 bridgehead atoms. The van der Waals surface area contributed by atoms with Gasteiger partial charge >= 0.3 is 0 Å². The maximum absolute atomic E-state index is 13.9. The zero-order valence-electron chi connectivity index (χ0n) is 21.5. The summed E-state index contributed by atoms with van der Waals surface area (Å²) in [4.78, 5) is 29.1. The molecule has 39 heavy (non-hydrogen) atoms. The summed E-state index contributed by atoms with van der Waals surface area (Å²) in [6.07, 6.45) is 5.33. The van der Waals surface area contributed by atoms with Crippen molar-refractivity contribution in [3.05, 3.63) is 84.2 Å². The predicted octanol–water partition coefficient (Wildman–Crippen LogP) is 5.47. The van der Waals surface area contributed by atoms with Crippen LogP contribution in [0.4, 0.5) is 14.6 Å². The zero-order chi connectivity index (χ0) is 26.8. The molecular weight excluding hydrogens is 498 g/mol. The van der Waals surface area contributed by atoms with E-state index in [1.54, 1.807) is 18.5 Å². The van der Waals surface area contributed by atoms with Crippen molar-refractivity contribution in [2.75, 3.05) is 25.0 Å².